The number of alkyl halides is 14. The quantitative estimate of drug-likeness (QED) is 0.275. The van der Waals surface area contributed by atoms with Gasteiger partial charge in [-0.1, -0.05) is 13.8 Å². The number of hydrogen-bond donors (Lipinski definition) is 0. The third-order valence-corrected chi connectivity index (χ3v) is 7.17. The van der Waals surface area contributed by atoms with Gasteiger partial charge in [0.2, 0.25) is 0 Å². The van der Waals surface area contributed by atoms with Crippen LogP contribution in [0.15, 0.2) is 0 Å². The standard InChI is InChI=1S/C18H18F14O2/c1-7-8(2)10-5-9(7)6-12(10,16(24,25)26)11(33)34-4-3-13(19,20)15(22,23)14(21,17(27,28)29)18(30,31)32/h7-10H,3-6H2,1-2H3. The normalized spacial score (nSPS) is 31.2. The van der Waals surface area contributed by atoms with Crippen molar-refractivity contribution in [2.45, 2.75) is 69.2 Å². The van der Waals surface area contributed by atoms with Crippen LogP contribution in [0.3, 0.4) is 0 Å². The summed E-state index contributed by atoms with van der Waals surface area (Å²) in [5.74, 6) is -19.0. The minimum atomic E-state index is -7.69. The van der Waals surface area contributed by atoms with E-state index < -0.39 is 84.6 Å². The molecule has 0 amide bonds. The number of esters is 1. The summed E-state index contributed by atoms with van der Waals surface area (Å²) >= 11 is 0. The van der Waals surface area contributed by atoms with Crippen molar-refractivity contribution in [3.8, 4) is 0 Å². The Bertz CT molecular complexity index is 767. The lowest BCUT2D eigenvalue weighted by Crippen LogP contribution is -2.70. The Kier molecular flexibility index (Phi) is 6.76. The van der Waals surface area contributed by atoms with Gasteiger partial charge in [0.25, 0.3) is 0 Å². The summed E-state index contributed by atoms with van der Waals surface area (Å²) < 4.78 is 189. The molecule has 0 aromatic rings. The second-order valence-electron chi connectivity index (χ2n) is 8.81. The molecule has 2 saturated carbocycles. The molecule has 2 rings (SSSR count). The lowest BCUT2D eigenvalue weighted by molar-refractivity contribution is -0.427. The largest absolute Gasteiger partial charge is 0.465 e. The lowest BCUT2D eigenvalue weighted by atomic mass is 9.65. The van der Waals surface area contributed by atoms with Crippen molar-refractivity contribution in [3.63, 3.8) is 0 Å². The second kappa shape index (κ2) is 8.00. The van der Waals surface area contributed by atoms with Crippen LogP contribution >= 0.6 is 0 Å². The van der Waals surface area contributed by atoms with Gasteiger partial charge in [-0.25, -0.2) is 4.39 Å². The Hall–Kier alpha value is -1.51. The Morgan fingerprint density at radius 1 is 0.824 bits per heavy atom. The zero-order valence-corrected chi connectivity index (χ0v) is 17.2. The number of hydrogen-bond acceptors (Lipinski definition) is 2. The first-order valence-corrected chi connectivity index (χ1v) is 9.72. The molecule has 0 radical (unpaired) electrons. The molecule has 2 fully saturated rings. The van der Waals surface area contributed by atoms with E-state index in [1.807, 2.05) is 0 Å². The van der Waals surface area contributed by atoms with Gasteiger partial charge in [0, 0.05) is 0 Å². The van der Waals surface area contributed by atoms with Gasteiger partial charge in [-0.05, 0) is 36.5 Å². The van der Waals surface area contributed by atoms with Crippen LogP contribution in [0.1, 0.15) is 33.1 Å². The van der Waals surface area contributed by atoms with Crippen molar-refractivity contribution >= 4 is 5.97 Å². The molecule has 0 aromatic heterocycles. The maximum absolute atomic E-state index is 13.8. The SMILES string of the molecule is CC1C2CC(C1C)C(C(=O)OCCC(F)(F)C(F)(F)C(F)(C(F)(F)F)C(F)(F)F)(C(F)(F)F)C2. The molecule has 0 saturated heterocycles. The summed E-state index contributed by atoms with van der Waals surface area (Å²) in [7, 11) is 0. The number of fused-ring (bicyclic) bond motifs is 2. The molecule has 2 aliphatic rings. The molecule has 16 heteroatoms. The maximum atomic E-state index is 13.8. The zero-order chi connectivity index (χ0) is 26.9. The topological polar surface area (TPSA) is 26.3 Å². The average molecular weight is 532 g/mol. The molecule has 34 heavy (non-hydrogen) atoms. The van der Waals surface area contributed by atoms with Crippen molar-refractivity contribution < 1.29 is 71.0 Å². The van der Waals surface area contributed by atoms with E-state index in [1.165, 1.54) is 6.92 Å². The highest BCUT2D eigenvalue weighted by molar-refractivity contribution is 5.79. The molecule has 5 atom stereocenters. The molecule has 2 bridgehead atoms. The van der Waals surface area contributed by atoms with Gasteiger partial charge >= 0.3 is 42.0 Å². The van der Waals surface area contributed by atoms with Gasteiger partial charge in [0.1, 0.15) is 0 Å². The van der Waals surface area contributed by atoms with Crippen LogP contribution in [0, 0.1) is 29.1 Å². The van der Waals surface area contributed by atoms with E-state index >= 15 is 0 Å². The van der Waals surface area contributed by atoms with Crippen LogP contribution in [0.4, 0.5) is 61.5 Å². The predicted octanol–water partition coefficient (Wildman–Crippen LogP) is 6.88. The number of ether oxygens (including phenoxy) is 1. The van der Waals surface area contributed by atoms with Crippen molar-refractivity contribution in [2.24, 2.45) is 29.1 Å². The van der Waals surface area contributed by atoms with E-state index in [-0.39, 0.29) is 12.3 Å². The zero-order valence-electron chi connectivity index (χ0n) is 17.2. The summed E-state index contributed by atoms with van der Waals surface area (Å²) in [6.07, 6.45) is -24.1. The van der Waals surface area contributed by atoms with Crippen LogP contribution in [-0.2, 0) is 9.53 Å². The van der Waals surface area contributed by atoms with Crippen molar-refractivity contribution in [2.75, 3.05) is 6.61 Å². The molecular formula is C18H18F14O2. The van der Waals surface area contributed by atoms with Crippen LogP contribution in [0.5, 0.6) is 0 Å². The first-order chi connectivity index (χ1) is 14.9. The minimum Gasteiger partial charge on any atom is -0.465 e. The van der Waals surface area contributed by atoms with Gasteiger partial charge in [-0.2, -0.15) is 57.1 Å². The fourth-order valence-corrected chi connectivity index (χ4v) is 5.04. The van der Waals surface area contributed by atoms with Gasteiger partial charge in [0.15, 0.2) is 5.41 Å². The number of carbonyl (C=O) groups is 1. The van der Waals surface area contributed by atoms with Crippen molar-refractivity contribution in [1.29, 1.82) is 0 Å². The average Bonchev–Trinajstić information content (AvgIpc) is 3.16. The molecule has 2 aliphatic carbocycles. The first-order valence-electron chi connectivity index (χ1n) is 9.72. The number of carbonyl (C=O) groups excluding carboxylic acids is 1. The summed E-state index contributed by atoms with van der Waals surface area (Å²) in [6.45, 7) is 0.895. The molecule has 0 aliphatic heterocycles. The minimum absolute atomic E-state index is 0.0906. The van der Waals surface area contributed by atoms with E-state index in [4.69, 9.17) is 0 Å². The summed E-state index contributed by atoms with van der Waals surface area (Å²) in [5, 5.41) is 0. The third kappa shape index (κ3) is 3.80. The smallest absolute Gasteiger partial charge is 0.438 e. The van der Waals surface area contributed by atoms with E-state index in [1.54, 1.807) is 6.92 Å². The molecule has 0 N–H and O–H groups in total. The third-order valence-electron chi connectivity index (χ3n) is 7.17. The Balaban J connectivity index is 2.25. The molecule has 200 valence electrons. The Morgan fingerprint density at radius 2 is 1.29 bits per heavy atom. The van der Waals surface area contributed by atoms with Crippen molar-refractivity contribution in [3.05, 3.63) is 0 Å². The maximum Gasteiger partial charge on any atom is 0.438 e. The number of rotatable bonds is 6. The highest BCUT2D eigenvalue weighted by Gasteiger charge is 2.89. The molecule has 5 unspecified atom stereocenters. The summed E-state index contributed by atoms with van der Waals surface area (Å²) in [6, 6.07) is 0. The van der Waals surface area contributed by atoms with Crippen LogP contribution < -0.4 is 0 Å². The predicted molar refractivity (Wildman–Crippen MR) is 84.4 cm³/mol. The molecule has 0 aromatic carbocycles. The molecule has 0 heterocycles. The summed E-state index contributed by atoms with van der Waals surface area (Å²) in [5.41, 5.74) is -10.9. The van der Waals surface area contributed by atoms with E-state index in [9.17, 15) is 66.3 Å². The van der Waals surface area contributed by atoms with Gasteiger partial charge in [-0.3, -0.25) is 4.79 Å². The Morgan fingerprint density at radius 3 is 1.65 bits per heavy atom. The molecular weight excluding hydrogens is 514 g/mol. The highest BCUT2D eigenvalue weighted by Crippen LogP contribution is 2.67. The second-order valence-corrected chi connectivity index (χ2v) is 8.81. The van der Waals surface area contributed by atoms with Crippen LogP contribution in [0.2, 0.25) is 0 Å². The first kappa shape index (κ1) is 28.7. The van der Waals surface area contributed by atoms with Gasteiger partial charge in [0.05, 0.1) is 13.0 Å². The van der Waals surface area contributed by atoms with Crippen molar-refractivity contribution in [1.82, 2.24) is 0 Å². The lowest BCUT2D eigenvalue weighted by Gasteiger charge is -2.42. The van der Waals surface area contributed by atoms with Crippen LogP contribution in [-0.4, -0.2) is 48.6 Å². The monoisotopic (exact) mass is 532 g/mol. The van der Waals surface area contributed by atoms with E-state index in [2.05, 4.69) is 4.74 Å². The van der Waals surface area contributed by atoms with Gasteiger partial charge < -0.3 is 4.74 Å². The van der Waals surface area contributed by atoms with E-state index in [0.717, 1.165) is 0 Å². The fraction of sp³-hybridized carbons (Fsp3) is 0.944. The highest BCUT2D eigenvalue weighted by atomic mass is 19.4. The molecule has 0 spiro atoms. The number of halogens is 14. The van der Waals surface area contributed by atoms with E-state index in [0.29, 0.717) is 0 Å². The fourth-order valence-electron chi connectivity index (χ4n) is 5.04. The molecule has 2 nitrogen and oxygen atoms in total. The van der Waals surface area contributed by atoms with Gasteiger partial charge in [-0.15, -0.1) is 0 Å². The van der Waals surface area contributed by atoms with Crippen LogP contribution in [0.25, 0.3) is 0 Å². The summed E-state index contributed by atoms with van der Waals surface area (Å²) in [4.78, 5) is 12.3. The Labute approximate surface area is 183 Å².